The minimum absolute atomic E-state index is 0.269. The molecule has 8 nitrogen and oxygen atoms in total. The first-order valence-electron chi connectivity index (χ1n) is 9.79. The fraction of sp³-hybridized carbons (Fsp3) is 0.600. The van der Waals surface area contributed by atoms with E-state index in [2.05, 4.69) is 10.3 Å². The monoisotopic (exact) mass is 423 g/mol. The molecule has 0 bridgehead atoms. The number of aliphatic hydroxyl groups excluding tert-OH is 3. The molecule has 1 aliphatic heterocycles. The van der Waals surface area contributed by atoms with E-state index in [1.807, 2.05) is 44.3 Å². The molecular weight excluding hydrogens is 394 g/mol. The second-order valence-electron chi connectivity index (χ2n) is 7.52. The highest BCUT2D eigenvalue weighted by molar-refractivity contribution is 7.99. The van der Waals surface area contributed by atoms with Gasteiger partial charge in [0, 0.05) is 6.04 Å². The van der Waals surface area contributed by atoms with Gasteiger partial charge in [-0.25, -0.2) is 4.68 Å². The first-order valence-corrected chi connectivity index (χ1v) is 10.8. The number of aliphatic hydroxyl groups is 3. The van der Waals surface area contributed by atoms with E-state index >= 15 is 0 Å². The van der Waals surface area contributed by atoms with Crippen molar-refractivity contribution in [1.82, 2.24) is 15.0 Å². The van der Waals surface area contributed by atoms with Gasteiger partial charge in [-0.2, -0.15) is 0 Å². The maximum atomic E-state index is 10.1. The number of benzene rings is 1. The molecule has 160 valence electrons. The van der Waals surface area contributed by atoms with Crippen LogP contribution in [0.25, 0.3) is 0 Å². The number of aryl methyl sites for hydroxylation is 1. The van der Waals surface area contributed by atoms with Crippen LogP contribution in [0.15, 0.2) is 30.5 Å². The summed E-state index contributed by atoms with van der Waals surface area (Å²) in [5, 5.41) is 37.8. The Bertz CT molecular complexity index is 770. The lowest BCUT2D eigenvalue weighted by Gasteiger charge is -2.39. The summed E-state index contributed by atoms with van der Waals surface area (Å²) in [5.74, 6) is 1.48. The molecule has 1 aliphatic rings. The van der Waals surface area contributed by atoms with Crippen molar-refractivity contribution in [1.29, 1.82) is 0 Å². The Morgan fingerprint density at radius 2 is 1.86 bits per heavy atom. The van der Waals surface area contributed by atoms with Crippen LogP contribution in [0.4, 0.5) is 0 Å². The van der Waals surface area contributed by atoms with Gasteiger partial charge in [-0.05, 0) is 50.6 Å². The molecule has 0 amide bonds. The van der Waals surface area contributed by atoms with E-state index in [0.29, 0.717) is 6.61 Å². The van der Waals surface area contributed by atoms with Crippen LogP contribution in [0.5, 0.6) is 5.75 Å². The zero-order chi connectivity index (χ0) is 21.0. The standard InChI is InChI=1S/C20H29N3O5S/c1-12(2)23-10-15(21-22-23)11-27-16-6-4-14(5-7-16)8-9-29-20-19(26)18(25)17(24)13(3)28-20/h4-7,10,12-13,17-20,24-26H,8-9,11H2,1-3H3/t13?,17-,18+,19?,20+/m1/s1. The summed E-state index contributed by atoms with van der Waals surface area (Å²) in [5.41, 5.74) is 1.37. The predicted octanol–water partition coefficient (Wildman–Crippen LogP) is 1.54. The van der Waals surface area contributed by atoms with Crippen molar-refractivity contribution < 1.29 is 24.8 Å². The molecule has 0 spiro atoms. The van der Waals surface area contributed by atoms with E-state index in [1.54, 1.807) is 11.6 Å². The van der Waals surface area contributed by atoms with Gasteiger partial charge in [0.1, 0.15) is 41.8 Å². The van der Waals surface area contributed by atoms with Crippen LogP contribution in [0, 0.1) is 0 Å². The predicted molar refractivity (Wildman–Crippen MR) is 110 cm³/mol. The first-order chi connectivity index (χ1) is 13.8. The molecular formula is C20H29N3O5S. The van der Waals surface area contributed by atoms with Crippen molar-refractivity contribution in [2.24, 2.45) is 0 Å². The zero-order valence-corrected chi connectivity index (χ0v) is 17.7. The van der Waals surface area contributed by atoms with Crippen molar-refractivity contribution in [2.75, 3.05) is 5.75 Å². The molecule has 2 heterocycles. The third-order valence-electron chi connectivity index (χ3n) is 4.88. The smallest absolute Gasteiger partial charge is 0.134 e. The molecule has 0 radical (unpaired) electrons. The van der Waals surface area contributed by atoms with Gasteiger partial charge in [-0.1, -0.05) is 17.3 Å². The number of ether oxygens (including phenoxy) is 2. The van der Waals surface area contributed by atoms with Gasteiger partial charge < -0.3 is 24.8 Å². The lowest BCUT2D eigenvalue weighted by atomic mass is 10.0. The van der Waals surface area contributed by atoms with Gasteiger partial charge in [-0.3, -0.25) is 0 Å². The lowest BCUT2D eigenvalue weighted by molar-refractivity contribution is -0.192. The van der Waals surface area contributed by atoms with Gasteiger partial charge in [0.15, 0.2) is 0 Å². The highest BCUT2D eigenvalue weighted by atomic mass is 32.2. The molecule has 3 rings (SSSR count). The number of thioether (sulfide) groups is 1. The van der Waals surface area contributed by atoms with Gasteiger partial charge in [0.25, 0.3) is 0 Å². The van der Waals surface area contributed by atoms with Gasteiger partial charge in [0.05, 0.1) is 12.3 Å². The van der Waals surface area contributed by atoms with E-state index < -0.39 is 29.9 Å². The Morgan fingerprint density at radius 1 is 1.14 bits per heavy atom. The van der Waals surface area contributed by atoms with Crippen LogP contribution < -0.4 is 4.74 Å². The summed E-state index contributed by atoms with van der Waals surface area (Å²) >= 11 is 1.43. The molecule has 2 aromatic rings. The molecule has 1 aromatic heterocycles. The van der Waals surface area contributed by atoms with E-state index in [-0.39, 0.29) is 6.04 Å². The van der Waals surface area contributed by atoms with Crippen molar-refractivity contribution in [3.05, 3.63) is 41.7 Å². The lowest BCUT2D eigenvalue weighted by Crippen LogP contribution is -2.55. The van der Waals surface area contributed by atoms with Crippen LogP contribution >= 0.6 is 11.8 Å². The Morgan fingerprint density at radius 3 is 2.52 bits per heavy atom. The third kappa shape index (κ3) is 5.70. The van der Waals surface area contributed by atoms with Gasteiger partial charge in [-0.15, -0.1) is 16.9 Å². The fourth-order valence-corrected chi connectivity index (χ4v) is 4.18. The highest BCUT2D eigenvalue weighted by Crippen LogP contribution is 2.29. The fourth-order valence-electron chi connectivity index (χ4n) is 2.99. The Balaban J connectivity index is 1.43. The molecule has 1 saturated heterocycles. The molecule has 0 saturated carbocycles. The van der Waals surface area contributed by atoms with Gasteiger partial charge in [0.2, 0.25) is 0 Å². The quantitative estimate of drug-likeness (QED) is 0.587. The van der Waals surface area contributed by atoms with Crippen molar-refractivity contribution >= 4 is 11.8 Å². The Labute approximate surface area is 174 Å². The molecule has 9 heteroatoms. The summed E-state index contributed by atoms with van der Waals surface area (Å²) in [7, 11) is 0. The van der Waals surface area contributed by atoms with E-state index in [9.17, 15) is 15.3 Å². The summed E-state index contributed by atoms with van der Waals surface area (Å²) < 4.78 is 13.2. The summed E-state index contributed by atoms with van der Waals surface area (Å²) in [6.07, 6.45) is -1.19. The highest BCUT2D eigenvalue weighted by Gasteiger charge is 2.41. The minimum Gasteiger partial charge on any atom is -0.487 e. The maximum absolute atomic E-state index is 10.1. The van der Waals surface area contributed by atoms with E-state index in [4.69, 9.17) is 9.47 Å². The Kier molecular flexibility index (Phi) is 7.53. The third-order valence-corrected chi connectivity index (χ3v) is 6.04. The van der Waals surface area contributed by atoms with Crippen molar-refractivity contribution in [3.63, 3.8) is 0 Å². The number of hydrogen-bond donors (Lipinski definition) is 3. The second kappa shape index (κ2) is 9.90. The van der Waals surface area contributed by atoms with E-state index in [0.717, 1.165) is 29.2 Å². The van der Waals surface area contributed by atoms with Crippen LogP contribution in [-0.2, 0) is 17.8 Å². The average molecular weight is 424 g/mol. The minimum atomic E-state index is -1.19. The summed E-state index contributed by atoms with van der Waals surface area (Å²) in [6.45, 7) is 6.15. The molecule has 0 aliphatic carbocycles. The number of hydrogen-bond acceptors (Lipinski definition) is 8. The van der Waals surface area contributed by atoms with Crippen LogP contribution in [0.1, 0.15) is 38.1 Å². The van der Waals surface area contributed by atoms with Crippen LogP contribution in [-0.4, -0.2) is 65.9 Å². The maximum Gasteiger partial charge on any atom is 0.134 e. The normalized spacial score (nSPS) is 27.3. The molecule has 1 fully saturated rings. The first kappa shape index (κ1) is 22.0. The van der Waals surface area contributed by atoms with Crippen molar-refractivity contribution in [2.45, 2.75) is 69.7 Å². The summed E-state index contributed by atoms with van der Waals surface area (Å²) in [4.78, 5) is 0. The average Bonchev–Trinajstić information content (AvgIpc) is 3.19. The molecule has 3 N–H and O–H groups in total. The largest absolute Gasteiger partial charge is 0.487 e. The second-order valence-corrected chi connectivity index (χ2v) is 8.72. The molecule has 2 unspecified atom stereocenters. The van der Waals surface area contributed by atoms with Crippen LogP contribution in [0.3, 0.4) is 0 Å². The van der Waals surface area contributed by atoms with Crippen molar-refractivity contribution in [3.8, 4) is 5.75 Å². The number of nitrogens with zero attached hydrogens (tertiary/aromatic N) is 3. The number of rotatable bonds is 8. The topological polar surface area (TPSA) is 110 Å². The Hall–Kier alpha value is -1.65. The molecule has 5 atom stereocenters. The zero-order valence-electron chi connectivity index (χ0n) is 16.9. The summed E-state index contributed by atoms with van der Waals surface area (Å²) in [6, 6.07) is 8.10. The van der Waals surface area contributed by atoms with E-state index in [1.165, 1.54) is 11.8 Å². The van der Waals surface area contributed by atoms with Crippen LogP contribution in [0.2, 0.25) is 0 Å². The number of aromatic nitrogens is 3. The molecule has 1 aromatic carbocycles. The SMILES string of the molecule is CC1O[C@@H](SCCc2ccc(OCc3cn(C(C)C)nn3)cc2)C(O)[C@@H](O)[C@@H]1O. The molecule has 29 heavy (non-hydrogen) atoms. The van der Waals surface area contributed by atoms with Gasteiger partial charge >= 0.3 is 0 Å².